The average molecular weight is 375 g/mol. The summed E-state index contributed by atoms with van der Waals surface area (Å²) in [4.78, 5) is 10.4. The van der Waals surface area contributed by atoms with Gasteiger partial charge >= 0.3 is 0 Å². The molecule has 1 atom stereocenters. The largest absolute Gasteiger partial charge is 0.269 e. The van der Waals surface area contributed by atoms with Gasteiger partial charge in [0.25, 0.3) is 5.69 Å². The fraction of sp³-hybridized carbons (Fsp3) is 0.188. The minimum atomic E-state index is -3.72. The van der Waals surface area contributed by atoms with Gasteiger partial charge in [-0.15, -0.1) is 11.8 Å². The maximum Gasteiger partial charge on any atom is 0.269 e. The Hall–Kier alpha value is -2.41. The van der Waals surface area contributed by atoms with Gasteiger partial charge in [-0.1, -0.05) is 0 Å². The second-order valence-electron chi connectivity index (χ2n) is 5.32. The Labute approximate surface area is 149 Å². The van der Waals surface area contributed by atoms with Gasteiger partial charge in [-0.25, -0.2) is 8.42 Å². The number of thioether (sulfide) groups is 1. The highest BCUT2D eigenvalue weighted by atomic mass is 32.2. The van der Waals surface area contributed by atoms with Gasteiger partial charge in [-0.2, -0.15) is 9.57 Å². The molecule has 9 heteroatoms. The molecule has 128 valence electrons. The van der Waals surface area contributed by atoms with E-state index < -0.39 is 20.3 Å². The van der Waals surface area contributed by atoms with Crippen LogP contribution in [0.2, 0.25) is 0 Å². The van der Waals surface area contributed by atoms with E-state index in [1.54, 1.807) is 12.1 Å². The molecular weight excluding hydrogens is 362 g/mol. The summed E-state index contributed by atoms with van der Waals surface area (Å²) in [6.45, 7) is 0.356. The van der Waals surface area contributed by atoms with Crippen LogP contribution in [0.1, 0.15) is 16.5 Å². The van der Waals surface area contributed by atoms with E-state index in [-0.39, 0.29) is 10.6 Å². The summed E-state index contributed by atoms with van der Waals surface area (Å²) in [5, 5.41) is 19.2. The number of benzene rings is 2. The van der Waals surface area contributed by atoms with Gasteiger partial charge in [-0.05, 0) is 42.0 Å². The normalized spacial score (nSPS) is 18.0. The van der Waals surface area contributed by atoms with Crippen molar-refractivity contribution in [2.45, 2.75) is 10.3 Å². The van der Waals surface area contributed by atoms with Gasteiger partial charge in [0.05, 0.1) is 26.8 Å². The van der Waals surface area contributed by atoms with Crippen LogP contribution in [0.5, 0.6) is 0 Å². The second kappa shape index (κ2) is 6.84. The minimum Gasteiger partial charge on any atom is -0.258 e. The topological polar surface area (TPSA) is 104 Å². The fourth-order valence-corrected chi connectivity index (χ4v) is 5.80. The first-order valence-electron chi connectivity index (χ1n) is 7.31. The van der Waals surface area contributed by atoms with Crippen molar-refractivity contribution in [3.63, 3.8) is 0 Å². The lowest BCUT2D eigenvalue weighted by Crippen LogP contribution is -2.30. The van der Waals surface area contributed by atoms with E-state index in [9.17, 15) is 18.5 Å². The van der Waals surface area contributed by atoms with Crippen molar-refractivity contribution in [2.24, 2.45) is 0 Å². The third kappa shape index (κ3) is 3.37. The van der Waals surface area contributed by atoms with Crippen molar-refractivity contribution in [3.8, 4) is 6.07 Å². The molecule has 1 heterocycles. The zero-order valence-corrected chi connectivity index (χ0v) is 14.5. The van der Waals surface area contributed by atoms with E-state index in [2.05, 4.69) is 0 Å². The Morgan fingerprint density at radius 1 is 1.16 bits per heavy atom. The highest BCUT2D eigenvalue weighted by molar-refractivity contribution is 8.01. The predicted octanol–water partition coefficient (Wildman–Crippen LogP) is 2.90. The fourth-order valence-electron chi connectivity index (χ4n) is 2.56. The summed E-state index contributed by atoms with van der Waals surface area (Å²) >= 11 is 1.47. The minimum absolute atomic E-state index is 0.0340. The molecule has 7 nitrogen and oxygen atoms in total. The lowest BCUT2D eigenvalue weighted by atomic mass is 10.2. The van der Waals surface area contributed by atoms with Crippen LogP contribution in [0, 0.1) is 21.4 Å². The maximum atomic E-state index is 12.9. The van der Waals surface area contributed by atoms with E-state index in [4.69, 9.17) is 5.26 Å². The number of nitro groups is 1. The smallest absolute Gasteiger partial charge is 0.258 e. The van der Waals surface area contributed by atoms with Crippen molar-refractivity contribution in [1.82, 2.24) is 4.31 Å². The van der Waals surface area contributed by atoms with Crippen LogP contribution >= 0.6 is 11.8 Å². The predicted molar refractivity (Wildman–Crippen MR) is 93.3 cm³/mol. The average Bonchev–Trinajstić information content (AvgIpc) is 3.12. The SMILES string of the molecule is N#Cc1ccc(S(=O)(=O)N2CCSC2c2ccc([N+](=O)[O-])cc2)cc1. The Morgan fingerprint density at radius 2 is 1.80 bits per heavy atom. The first kappa shape index (κ1) is 17.4. The van der Waals surface area contributed by atoms with E-state index >= 15 is 0 Å². The van der Waals surface area contributed by atoms with Crippen LogP contribution in [-0.2, 0) is 10.0 Å². The van der Waals surface area contributed by atoms with E-state index in [0.29, 0.717) is 23.4 Å². The van der Waals surface area contributed by atoms with Gasteiger partial charge in [-0.3, -0.25) is 10.1 Å². The number of rotatable bonds is 4. The molecule has 0 radical (unpaired) electrons. The summed E-state index contributed by atoms with van der Waals surface area (Å²) < 4.78 is 27.2. The standard InChI is InChI=1S/C16H13N3O4S2/c17-11-12-1-7-15(8-2-12)25(22,23)18-9-10-24-16(18)13-3-5-14(6-4-13)19(20)21/h1-8,16H,9-10H2. The van der Waals surface area contributed by atoms with Crippen molar-refractivity contribution in [3.05, 3.63) is 69.8 Å². The summed E-state index contributed by atoms with van der Waals surface area (Å²) in [6, 6.07) is 13.7. The molecule has 0 aliphatic carbocycles. The summed E-state index contributed by atoms with van der Waals surface area (Å²) in [6.07, 6.45) is 0. The molecule has 25 heavy (non-hydrogen) atoms. The Balaban J connectivity index is 1.92. The van der Waals surface area contributed by atoms with Crippen LogP contribution in [0.4, 0.5) is 5.69 Å². The van der Waals surface area contributed by atoms with E-state index in [0.717, 1.165) is 0 Å². The molecule has 0 bridgehead atoms. The molecule has 0 aromatic heterocycles. The Bertz CT molecular complexity index is 935. The molecule has 0 saturated carbocycles. The van der Waals surface area contributed by atoms with Crippen molar-refractivity contribution >= 4 is 27.5 Å². The number of hydrogen-bond donors (Lipinski definition) is 0. The summed E-state index contributed by atoms with van der Waals surface area (Å²) in [5.74, 6) is 0.636. The third-order valence-electron chi connectivity index (χ3n) is 3.83. The number of nitrogens with zero attached hydrogens (tertiary/aromatic N) is 3. The van der Waals surface area contributed by atoms with Crippen LogP contribution in [0.3, 0.4) is 0 Å². The summed E-state index contributed by atoms with van der Waals surface area (Å²) in [5.41, 5.74) is 1.06. The zero-order chi connectivity index (χ0) is 18.0. The molecule has 1 aliphatic heterocycles. The molecule has 0 spiro atoms. The number of non-ortho nitro benzene ring substituents is 1. The molecule has 0 N–H and O–H groups in total. The van der Waals surface area contributed by atoms with Crippen molar-refractivity contribution in [1.29, 1.82) is 5.26 Å². The van der Waals surface area contributed by atoms with Crippen LogP contribution in [0.15, 0.2) is 53.4 Å². The highest BCUT2D eigenvalue weighted by Gasteiger charge is 2.36. The third-order valence-corrected chi connectivity index (χ3v) is 7.10. The summed E-state index contributed by atoms with van der Waals surface area (Å²) in [7, 11) is -3.72. The first-order chi connectivity index (χ1) is 11.9. The molecular formula is C16H13N3O4S2. The number of sulfonamides is 1. The molecule has 1 unspecified atom stereocenters. The van der Waals surface area contributed by atoms with Crippen LogP contribution in [-0.4, -0.2) is 29.9 Å². The quantitative estimate of drug-likeness (QED) is 0.601. The monoisotopic (exact) mass is 375 g/mol. The second-order valence-corrected chi connectivity index (χ2v) is 8.40. The zero-order valence-electron chi connectivity index (χ0n) is 12.9. The maximum absolute atomic E-state index is 12.9. The van der Waals surface area contributed by atoms with Crippen LogP contribution < -0.4 is 0 Å². The lowest BCUT2D eigenvalue weighted by Gasteiger charge is -2.23. The molecule has 3 rings (SSSR count). The van der Waals surface area contributed by atoms with Gasteiger partial charge in [0, 0.05) is 24.4 Å². The Kier molecular flexibility index (Phi) is 4.76. The molecule has 1 saturated heterocycles. The van der Waals surface area contributed by atoms with Gasteiger partial charge in [0.2, 0.25) is 10.0 Å². The molecule has 1 aliphatic rings. The van der Waals surface area contributed by atoms with Gasteiger partial charge in [0.1, 0.15) is 0 Å². The van der Waals surface area contributed by atoms with E-state index in [1.165, 1.54) is 52.5 Å². The number of hydrogen-bond acceptors (Lipinski definition) is 6. The Morgan fingerprint density at radius 3 is 2.36 bits per heavy atom. The molecule has 2 aromatic rings. The number of nitro benzene ring substituents is 1. The lowest BCUT2D eigenvalue weighted by molar-refractivity contribution is -0.384. The van der Waals surface area contributed by atoms with E-state index in [1.807, 2.05) is 6.07 Å². The van der Waals surface area contributed by atoms with Crippen LogP contribution in [0.25, 0.3) is 0 Å². The highest BCUT2D eigenvalue weighted by Crippen LogP contribution is 2.41. The molecule has 1 fully saturated rings. The first-order valence-corrected chi connectivity index (χ1v) is 9.80. The van der Waals surface area contributed by atoms with Gasteiger partial charge in [0.15, 0.2) is 0 Å². The number of nitriles is 1. The van der Waals surface area contributed by atoms with Crippen molar-refractivity contribution < 1.29 is 13.3 Å². The molecule has 2 aromatic carbocycles. The molecule has 0 amide bonds. The van der Waals surface area contributed by atoms with Gasteiger partial charge < -0.3 is 0 Å². The van der Waals surface area contributed by atoms with Crippen molar-refractivity contribution in [2.75, 3.05) is 12.3 Å².